The van der Waals surface area contributed by atoms with E-state index in [0.29, 0.717) is 34.0 Å². The van der Waals surface area contributed by atoms with E-state index >= 15 is 0 Å². The van der Waals surface area contributed by atoms with Gasteiger partial charge in [-0.05, 0) is 35.2 Å². The molecule has 2 amide bonds. The highest BCUT2D eigenvalue weighted by Gasteiger charge is 2.23. The fraction of sp³-hybridized carbons (Fsp3) is 0.136. The number of hydrogen-bond acceptors (Lipinski definition) is 5. The second-order valence-corrected chi connectivity index (χ2v) is 7.55. The average molecular weight is 405 g/mol. The molecule has 1 atom stereocenters. The maximum absolute atomic E-state index is 13.0. The van der Waals surface area contributed by atoms with Gasteiger partial charge in [0.25, 0.3) is 5.91 Å². The number of amides is 2. The van der Waals surface area contributed by atoms with Crippen LogP contribution in [-0.4, -0.2) is 22.8 Å². The summed E-state index contributed by atoms with van der Waals surface area (Å²) in [4.78, 5) is 30.4. The van der Waals surface area contributed by atoms with Crippen molar-refractivity contribution < 1.29 is 14.0 Å². The minimum atomic E-state index is -0.721. The summed E-state index contributed by atoms with van der Waals surface area (Å²) in [6, 6.07) is 17.7. The topological polar surface area (TPSA) is 84.2 Å². The molecule has 2 heterocycles. The van der Waals surface area contributed by atoms with Gasteiger partial charge in [-0.1, -0.05) is 36.4 Å². The number of carbonyl (C=O) groups excluding carboxylic acids is 2. The molecule has 2 aromatic heterocycles. The number of carbonyl (C=O) groups is 2. The second-order valence-electron chi connectivity index (χ2n) is 6.60. The van der Waals surface area contributed by atoms with Crippen LogP contribution in [-0.2, 0) is 11.2 Å². The van der Waals surface area contributed by atoms with Gasteiger partial charge in [0.15, 0.2) is 11.5 Å². The third kappa shape index (κ3) is 4.52. The standard InChI is InChI=1S/C22H19N3O3S/c1-14-23-17-13-16(9-10-19(17)28-14)24-21(26)18(12-15-6-3-2-4-7-15)25-22(27)20-8-5-11-29-20/h2-11,13,18H,12H2,1H3,(H,24,26)(H,25,27)/t18-/m0/s1. The largest absolute Gasteiger partial charge is 0.441 e. The van der Waals surface area contributed by atoms with Crippen molar-refractivity contribution in [2.75, 3.05) is 5.32 Å². The Kier molecular flexibility index (Phi) is 5.39. The number of thiophene rings is 1. The van der Waals surface area contributed by atoms with E-state index in [2.05, 4.69) is 15.6 Å². The molecular formula is C22H19N3O3S. The Morgan fingerprint density at radius 2 is 1.93 bits per heavy atom. The minimum absolute atomic E-state index is 0.265. The summed E-state index contributed by atoms with van der Waals surface area (Å²) in [7, 11) is 0. The monoisotopic (exact) mass is 405 g/mol. The van der Waals surface area contributed by atoms with Crippen LogP contribution in [0.1, 0.15) is 21.1 Å². The van der Waals surface area contributed by atoms with Crippen LogP contribution in [0.3, 0.4) is 0 Å². The van der Waals surface area contributed by atoms with Gasteiger partial charge in [0, 0.05) is 19.0 Å². The van der Waals surface area contributed by atoms with Gasteiger partial charge in [-0.15, -0.1) is 11.3 Å². The van der Waals surface area contributed by atoms with Crippen LogP contribution in [0, 0.1) is 6.92 Å². The predicted molar refractivity (Wildman–Crippen MR) is 113 cm³/mol. The molecule has 0 radical (unpaired) electrons. The zero-order valence-corrected chi connectivity index (χ0v) is 16.5. The molecule has 4 aromatic rings. The summed E-state index contributed by atoms with van der Waals surface area (Å²) in [6.45, 7) is 1.77. The lowest BCUT2D eigenvalue weighted by Gasteiger charge is -2.18. The highest BCUT2D eigenvalue weighted by atomic mass is 32.1. The molecule has 6 nitrogen and oxygen atoms in total. The van der Waals surface area contributed by atoms with Crippen molar-refractivity contribution in [3.63, 3.8) is 0 Å². The van der Waals surface area contributed by atoms with E-state index in [1.165, 1.54) is 11.3 Å². The highest BCUT2D eigenvalue weighted by molar-refractivity contribution is 7.12. The molecule has 7 heteroatoms. The smallest absolute Gasteiger partial charge is 0.262 e. The first-order chi connectivity index (χ1) is 14.1. The molecule has 0 aliphatic rings. The van der Waals surface area contributed by atoms with E-state index in [9.17, 15) is 9.59 Å². The van der Waals surface area contributed by atoms with Crippen molar-refractivity contribution in [3.8, 4) is 0 Å². The SMILES string of the molecule is Cc1nc2cc(NC(=O)[C@H](Cc3ccccc3)NC(=O)c3cccs3)ccc2o1. The summed E-state index contributed by atoms with van der Waals surface area (Å²) in [6.07, 6.45) is 0.384. The zero-order chi connectivity index (χ0) is 20.2. The molecule has 29 heavy (non-hydrogen) atoms. The van der Waals surface area contributed by atoms with Gasteiger partial charge in [-0.3, -0.25) is 9.59 Å². The van der Waals surface area contributed by atoms with E-state index in [-0.39, 0.29) is 11.8 Å². The Balaban J connectivity index is 1.54. The van der Waals surface area contributed by atoms with E-state index < -0.39 is 6.04 Å². The summed E-state index contributed by atoms with van der Waals surface area (Å²) < 4.78 is 5.47. The van der Waals surface area contributed by atoms with Crippen LogP contribution < -0.4 is 10.6 Å². The van der Waals surface area contributed by atoms with Crippen molar-refractivity contribution in [3.05, 3.63) is 82.4 Å². The lowest BCUT2D eigenvalue weighted by atomic mass is 10.0. The Labute approximate surface area is 171 Å². The number of nitrogens with zero attached hydrogens (tertiary/aromatic N) is 1. The van der Waals surface area contributed by atoms with Crippen LogP contribution in [0.5, 0.6) is 0 Å². The van der Waals surface area contributed by atoms with Crippen molar-refractivity contribution >= 4 is 39.9 Å². The predicted octanol–water partition coefficient (Wildman–Crippen LogP) is 4.18. The number of fused-ring (bicyclic) bond motifs is 1. The molecule has 0 aliphatic heterocycles. The maximum Gasteiger partial charge on any atom is 0.262 e. The average Bonchev–Trinajstić information content (AvgIpc) is 3.37. The maximum atomic E-state index is 13.0. The van der Waals surface area contributed by atoms with Gasteiger partial charge >= 0.3 is 0 Å². The molecule has 0 aliphatic carbocycles. The number of anilines is 1. The highest BCUT2D eigenvalue weighted by Crippen LogP contribution is 2.20. The number of nitrogens with one attached hydrogen (secondary N) is 2. The molecule has 2 aromatic carbocycles. The van der Waals surface area contributed by atoms with Gasteiger partial charge in [0.1, 0.15) is 11.6 Å². The van der Waals surface area contributed by atoms with Crippen LogP contribution in [0.2, 0.25) is 0 Å². The molecular weight excluding hydrogens is 386 g/mol. The van der Waals surface area contributed by atoms with Gasteiger partial charge in [0.2, 0.25) is 5.91 Å². The van der Waals surface area contributed by atoms with E-state index in [4.69, 9.17) is 4.42 Å². The number of rotatable bonds is 6. The third-order valence-electron chi connectivity index (χ3n) is 4.41. The fourth-order valence-corrected chi connectivity index (χ4v) is 3.67. The lowest BCUT2D eigenvalue weighted by molar-refractivity contribution is -0.118. The van der Waals surface area contributed by atoms with Crippen molar-refractivity contribution in [1.29, 1.82) is 0 Å². The van der Waals surface area contributed by atoms with E-state index in [0.717, 1.165) is 5.56 Å². The Hall–Kier alpha value is -3.45. The summed E-state index contributed by atoms with van der Waals surface area (Å²) >= 11 is 1.34. The Morgan fingerprint density at radius 3 is 2.69 bits per heavy atom. The normalized spacial score (nSPS) is 11.9. The first-order valence-corrected chi connectivity index (χ1v) is 10.0. The number of oxazole rings is 1. The number of aryl methyl sites for hydroxylation is 1. The van der Waals surface area contributed by atoms with Crippen molar-refractivity contribution in [2.24, 2.45) is 0 Å². The molecule has 0 saturated carbocycles. The van der Waals surface area contributed by atoms with Crippen molar-refractivity contribution in [1.82, 2.24) is 10.3 Å². The van der Waals surface area contributed by atoms with E-state index in [1.54, 1.807) is 37.3 Å². The molecule has 0 fully saturated rings. The molecule has 0 bridgehead atoms. The van der Waals surface area contributed by atoms with Crippen LogP contribution in [0.15, 0.2) is 70.5 Å². The molecule has 4 rings (SSSR count). The summed E-state index contributed by atoms with van der Waals surface area (Å²) in [5.41, 5.74) is 2.89. The molecule has 2 N–H and O–H groups in total. The zero-order valence-electron chi connectivity index (χ0n) is 15.7. The van der Waals surface area contributed by atoms with Gasteiger partial charge in [-0.2, -0.15) is 0 Å². The van der Waals surface area contributed by atoms with Crippen LogP contribution >= 0.6 is 11.3 Å². The molecule has 146 valence electrons. The first kappa shape index (κ1) is 18.9. The summed E-state index contributed by atoms with van der Waals surface area (Å²) in [5, 5.41) is 7.57. The molecule has 0 saturated heterocycles. The van der Waals surface area contributed by atoms with Crippen LogP contribution in [0.25, 0.3) is 11.1 Å². The Morgan fingerprint density at radius 1 is 1.10 bits per heavy atom. The van der Waals surface area contributed by atoms with Crippen molar-refractivity contribution in [2.45, 2.75) is 19.4 Å². The number of aromatic nitrogens is 1. The van der Waals surface area contributed by atoms with Gasteiger partial charge in [-0.25, -0.2) is 4.98 Å². The number of benzene rings is 2. The quantitative estimate of drug-likeness (QED) is 0.504. The van der Waals surface area contributed by atoms with Gasteiger partial charge in [0.05, 0.1) is 4.88 Å². The Bertz CT molecular complexity index is 1140. The van der Waals surface area contributed by atoms with Gasteiger partial charge < -0.3 is 15.1 Å². The first-order valence-electron chi connectivity index (χ1n) is 9.15. The fourth-order valence-electron chi connectivity index (χ4n) is 3.05. The lowest BCUT2D eigenvalue weighted by Crippen LogP contribution is -2.45. The molecule has 0 spiro atoms. The second kappa shape index (κ2) is 8.28. The summed E-state index contributed by atoms with van der Waals surface area (Å²) in [5.74, 6) is 0.00521. The molecule has 0 unspecified atom stereocenters. The third-order valence-corrected chi connectivity index (χ3v) is 5.28. The minimum Gasteiger partial charge on any atom is -0.441 e. The van der Waals surface area contributed by atoms with Crippen LogP contribution in [0.4, 0.5) is 5.69 Å². The van der Waals surface area contributed by atoms with E-state index in [1.807, 2.05) is 35.7 Å². The number of hydrogen-bond donors (Lipinski definition) is 2.